The van der Waals surface area contributed by atoms with E-state index in [1.165, 1.54) is 24.3 Å². The molecule has 0 heterocycles. The largest absolute Gasteiger partial charge is 0.370 e. The number of nitrogens with one attached hydrogen (secondary N) is 1. The summed E-state index contributed by atoms with van der Waals surface area (Å²) in [5, 5.41) is 8.61. The van der Waals surface area contributed by atoms with Gasteiger partial charge in [-0.25, -0.2) is 13.1 Å². The van der Waals surface area contributed by atoms with E-state index in [0.717, 1.165) is 0 Å². The smallest absolute Gasteiger partial charge is 0.243 e. The number of hydrogen-bond donors (Lipinski definition) is 2. The molecule has 102 valence electrons. The molecule has 0 radical (unpaired) electrons. The fourth-order valence-electron chi connectivity index (χ4n) is 1.21. The maximum absolute atomic E-state index is 11.8. The van der Waals surface area contributed by atoms with Crippen LogP contribution in [0.2, 0.25) is 0 Å². The van der Waals surface area contributed by atoms with Crippen LogP contribution in [-0.4, -0.2) is 34.1 Å². The molecule has 0 unspecified atom stereocenters. The van der Waals surface area contributed by atoms with Crippen LogP contribution >= 0.6 is 0 Å². The van der Waals surface area contributed by atoms with Crippen LogP contribution in [0, 0.1) is 11.3 Å². The number of rotatable bonds is 7. The molecule has 1 amide bonds. The third kappa shape index (κ3) is 5.05. The van der Waals surface area contributed by atoms with E-state index < -0.39 is 15.9 Å². The Hall–Kier alpha value is -1.95. The zero-order chi connectivity index (χ0) is 14.3. The van der Waals surface area contributed by atoms with Gasteiger partial charge in [-0.15, -0.1) is 0 Å². The minimum atomic E-state index is -3.64. The van der Waals surface area contributed by atoms with Crippen molar-refractivity contribution in [3.8, 4) is 6.07 Å². The fraction of sp³-hybridized carbons (Fsp3) is 0.273. The summed E-state index contributed by atoms with van der Waals surface area (Å²) in [5.74, 6) is -0.616. The first-order chi connectivity index (χ1) is 8.95. The van der Waals surface area contributed by atoms with E-state index in [4.69, 9.17) is 15.7 Å². The molecule has 0 aliphatic carbocycles. The van der Waals surface area contributed by atoms with E-state index in [0.29, 0.717) is 5.56 Å². The summed E-state index contributed by atoms with van der Waals surface area (Å²) in [5.41, 5.74) is 5.23. The van der Waals surface area contributed by atoms with E-state index in [-0.39, 0.29) is 24.7 Å². The summed E-state index contributed by atoms with van der Waals surface area (Å²) >= 11 is 0. The number of amides is 1. The molecular formula is C11H13N3O4S. The first kappa shape index (κ1) is 15.1. The lowest BCUT2D eigenvalue weighted by atomic mass is 10.2. The van der Waals surface area contributed by atoms with Crippen molar-refractivity contribution in [3.05, 3.63) is 29.8 Å². The van der Waals surface area contributed by atoms with Gasteiger partial charge in [0, 0.05) is 6.54 Å². The zero-order valence-electron chi connectivity index (χ0n) is 10.00. The highest BCUT2D eigenvalue weighted by atomic mass is 32.2. The van der Waals surface area contributed by atoms with E-state index in [1.807, 2.05) is 6.07 Å². The van der Waals surface area contributed by atoms with Crippen molar-refractivity contribution >= 4 is 15.9 Å². The van der Waals surface area contributed by atoms with Gasteiger partial charge in [-0.2, -0.15) is 5.26 Å². The van der Waals surface area contributed by atoms with Crippen LogP contribution in [0.15, 0.2) is 29.2 Å². The van der Waals surface area contributed by atoms with Gasteiger partial charge in [-0.05, 0) is 24.3 Å². The van der Waals surface area contributed by atoms with Gasteiger partial charge in [0.05, 0.1) is 23.1 Å². The third-order valence-electron chi connectivity index (χ3n) is 2.08. The van der Waals surface area contributed by atoms with E-state index in [2.05, 4.69) is 4.72 Å². The summed E-state index contributed by atoms with van der Waals surface area (Å²) in [6.45, 7) is -0.188. The van der Waals surface area contributed by atoms with Gasteiger partial charge in [0.25, 0.3) is 0 Å². The number of ether oxygens (including phenoxy) is 1. The standard InChI is InChI=1S/C11H13N3O4S/c12-7-9-1-3-10(4-2-9)19(16,17)14-5-6-18-8-11(13)15/h1-4,14H,5-6,8H2,(H2,13,15). The molecule has 0 spiro atoms. The number of carbonyl (C=O) groups is 1. The maximum Gasteiger partial charge on any atom is 0.243 e. The zero-order valence-corrected chi connectivity index (χ0v) is 10.8. The number of primary amides is 1. The van der Waals surface area contributed by atoms with Crippen molar-refractivity contribution in [1.29, 1.82) is 5.26 Å². The molecule has 1 aromatic rings. The average molecular weight is 283 g/mol. The second-order valence-corrected chi connectivity index (χ2v) is 5.32. The Morgan fingerprint density at radius 1 is 1.37 bits per heavy atom. The molecule has 1 aromatic carbocycles. The summed E-state index contributed by atoms with van der Waals surface area (Å²) in [6, 6.07) is 7.40. The topological polar surface area (TPSA) is 122 Å². The molecule has 0 bridgehead atoms. The first-order valence-corrected chi connectivity index (χ1v) is 6.80. The lowest BCUT2D eigenvalue weighted by molar-refractivity contribution is -0.122. The number of sulfonamides is 1. The Bertz CT molecular complexity index is 575. The van der Waals surface area contributed by atoms with Gasteiger partial charge in [-0.1, -0.05) is 0 Å². The molecule has 0 aliphatic heterocycles. The summed E-state index contributed by atoms with van der Waals surface area (Å²) in [7, 11) is -3.64. The van der Waals surface area contributed by atoms with Crippen LogP contribution in [-0.2, 0) is 19.6 Å². The van der Waals surface area contributed by atoms with Crippen LogP contribution < -0.4 is 10.5 Å². The lowest BCUT2D eigenvalue weighted by Crippen LogP contribution is -2.29. The minimum Gasteiger partial charge on any atom is -0.370 e. The number of benzene rings is 1. The predicted molar refractivity (Wildman–Crippen MR) is 66.4 cm³/mol. The number of hydrogen-bond acceptors (Lipinski definition) is 5. The van der Waals surface area contributed by atoms with Crippen molar-refractivity contribution in [2.45, 2.75) is 4.90 Å². The maximum atomic E-state index is 11.8. The molecule has 0 saturated heterocycles. The van der Waals surface area contributed by atoms with E-state index in [1.54, 1.807) is 0 Å². The summed E-state index contributed by atoms with van der Waals surface area (Å²) in [6.07, 6.45) is 0. The molecule has 19 heavy (non-hydrogen) atoms. The molecule has 0 saturated carbocycles. The van der Waals surface area contributed by atoms with Crippen molar-refractivity contribution in [2.24, 2.45) is 5.73 Å². The van der Waals surface area contributed by atoms with E-state index >= 15 is 0 Å². The van der Waals surface area contributed by atoms with Gasteiger partial charge in [0.15, 0.2) is 0 Å². The first-order valence-electron chi connectivity index (χ1n) is 5.31. The Morgan fingerprint density at radius 2 is 2.00 bits per heavy atom. The molecule has 0 atom stereocenters. The second-order valence-electron chi connectivity index (χ2n) is 3.55. The van der Waals surface area contributed by atoms with Crippen molar-refractivity contribution in [2.75, 3.05) is 19.8 Å². The van der Waals surface area contributed by atoms with Crippen molar-refractivity contribution in [1.82, 2.24) is 4.72 Å². The van der Waals surface area contributed by atoms with Crippen molar-refractivity contribution in [3.63, 3.8) is 0 Å². The molecular weight excluding hydrogens is 270 g/mol. The average Bonchev–Trinajstić information content (AvgIpc) is 2.38. The Morgan fingerprint density at radius 3 is 2.53 bits per heavy atom. The Kier molecular flexibility index (Phi) is 5.44. The van der Waals surface area contributed by atoms with Gasteiger partial charge >= 0.3 is 0 Å². The molecule has 7 nitrogen and oxygen atoms in total. The van der Waals surface area contributed by atoms with Gasteiger partial charge in [0.1, 0.15) is 6.61 Å². The predicted octanol–water partition coefficient (Wildman–Crippen LogP) is -0.662. The highest BCUT2D eigenvalue weighted by molar-refractivity contribution is 7.89. The second kappa shape index (κ2) is 6.84. The van der Waals surface area contributed by atoms with Crippen LogP contribution in [0.1, 0.15) is 5.56 Å². The number of nitrogens with zero attached hydrogens (tertiary/aromatic N) is 1. The highest BCUT2D eigenvalue weighted by Gasteiger charge is 2.12. The van der Waals surface area contributed by atoms with Crippen LogP contribution in [0.5, 0.6) is 0 Å². The molecule has 1 rings (SSSR count). The quantitative estimate of drug-likeness (QED) is 0.643. The Balaban J connectivity index is 2.51. The third-order valence-corrected chi connectivity index (χ3v) is 3.55. The number of nitrogens with two attached hydrogens (primary N) is 1. The highest BCUT2D eigenvalue weighted by Crippen LogP contribution is 2.09. The van der Waals surface area contributed by atoms with Crippen LogP contribution in [0.3, 0.4) is 0 Å². The SMILES string of the molecule is N#Cc1ccc(S(=O)(=O)NCCOCC(N)=O)cc1. The molecule has 8 heteroatoms. The van der Waals surface area contributed by atoms with Crippen LogP contribution in [0.25, 0.3) is 0 Å². The Labute approximate surface area is 111 Å². The van der Waals surface area contributed by atoms with Gasteiger partial charge in [0.2, 0.25) is 15.9 Å². The van der Waals surface area contributed by atoms with Gasteiger partial charge < -0.3 is 10.5 Å². The van der Waals surface area contributed by atoms with Gasteiger partial charge in [-0.3, -0.25) is 4.79 Å². The lowest BCUT2D eigenvalue weighted by Gasteiger charge is -2.06. The monoisotopic (exact) mass is 283 g/mol. The number of carbonyl (C=O) groups excluding carboxylic acids is 1. The summed E-state index contributed by atoms with van der Waals surface area (Å²) < 4.78 is 30.7. The molecule has 0 aliphatic rings. The molecule has 3 N–H and O–H groups in total. The van der Waals surface area contributed by atoms with Crippen LogP contribution in [0.4, 0.5) is 0 Å². The number of nitriles is 1. The molecule has 0 fully saturated rings. The normalized spacial score (nSPS) is 10.9. The van der Waals surface area contributed by atoms with E-state index in [9.17, 15) is 13.2 Å². The fourth-order valence-corrected chi connectivity index (χ4v) is 2.23. The summed E-state index contributed by atoms with van der Waals surface area (Å²) in [4.78, 5) is 10.4. The minimum absolute atomic E-state index is 0.0234. The van der Waals surface area contributed by atoms with Crippen molar-refractivity contribution < 1.29 is 17.9 Å². The molecule has 0 aromatic heterocycles.